The number of aliphatic hydroxyl groups excluding tert-OH is 1. The van der Waals surface area contributed by atoms with Crippen LogP contribution in [0.5, 0.6) is 0 Å². The van der Waals surface area contributed by atoms with Crippen LogP contribution in [-0.4, -0.2) is 33.4 Å². The van der Waals surface area contributed by atoms with Gasteiger partial charge in [-0.25, -0.2) is 0 Å². The Labute approximate surface area is 171 Å². The van der Waals surface area contributed by atoms with Crippen molar-refractivity contribution in [3.63, 3.8) is 0 Å². The van der Waals surface area contributed by atoms with Gasteiger partial charge in [0, 0.05) is 25.2 Å². The highest BCUT2D eigenvalue weighted by Gasteiger charge is 2.13. The lowest BCUT2D eigenvalue weighted by molar-refractivity contribution is 0.184. The molecule has 4 heteroatoms. The molecule has 2 N–H and O–H groups in total. The second-order valence-corrected chi connectivity index (χ2v) is 7.13. The fourth-order valence-electron chi connectivity index (χ4n) is 3.58. The Morgan fingerprint density at radius 2 is 1.34 bits per heavy atom. The van der Waals surface area contributed by atoms with Crippen LogP contribution in [0.1, 0.15) is 11.1 Å². The number of aliphatic hydroxyl groups is 1. The molecule has 0 amide bonds. The fourth-order valence-corrected chi connectivity index (χ4v) is 3.58. The second kappa shape index (κ2) is 9.32. The van der Waals surface area contributed by atoms with E-state index in [1.165, 1.54) is 16.7 Å². The summed E-state index contributed by atoms with van der Waals surface area (Å²) in [6, 6.07) is 29.3. The minimum absolute atomic E-state index is 0.131. The molecule has 0 unspecified atom stereocenters. The topological polar surface area (TPSA) is 52.1 Å². The molecule has 4 nitrogen and oxygen atoms in total. The summed E-state index contributed by atoms with van der Waals surface area (Å²) in [6.45, 7) is 2.26. The molecule has 0 saturated heterocycles. The number of aromatic nitrogens is 2. The average molecular weight is 383 g/mol. The molecule has 4 aromatic rings. The smallest absolute Gasteiger partial charge is 0.0695 e. The first-order valence-corrected chi connectivity index (χ1v) is 9.89. The number of rotatable bonds is 8. The van der Waals surface area contributed by atoms with Crippen molar-refractivity contribution in [1.82, 2.24) is 15.1 Å². The average Bonchev–Trinajstić information content (AvgIpc) is 3.23. The number of hydrogen-bond acceptors (Lipinski definition) is 3. The van der Waals surface area contributed by atoms with Gasteiger partial charge in [-0.2, -0.15) is 5.10 Å². The zero-order chi connectivity index (χ0) is 19.9. The van der Waals surface area contributed by atoms with Gasteiger partial charge in [-0.15, -0.1) is 0 Å². The van der Waals surface area contributed by atoms with Crippen LogP contribution in [0.3, 0.4) is 0 Å². The minimum Gasteiger partial charge on any atom is -0.395 e. The van der Waals surface area contributed by atoms with Crippen molar-refractivity contribution in [3.05, 3.63) is 102 Å². The first-order valence-electron chi connectivity index (χ1n) is 9.89. The molecule has 0 atom stereocenters. The van der Waals surface area contributed by atoms with E-state index < -0.39 is 0 Å². The van der Waals surface area contributed by atoms with E-state index in [9.17, 15) is 5.11 Å². The zero-order valence-corrected chi connectivity index (χ0v) is 16.3. The summed E-state index contributed by atoms with van der Waals surface area (Å²) in [6.07, 6.45) is 1.88. The van der Waals surface area contributed by atoms with E-state index in [2.05, 4.69) is 75.8 Å². The maximum absolute atomic E-state index is 9.50. The van der Waals surface area contributed by atoms with E-state index in [-0.39, 0.29) is 6.61 Å². The molecule has 0 radical (unpaired) electrons. The van der Waals surface area contributed by atoms with E-state index in [0.717, 1.165) is 29.9 Å². The van der Waals surface area contributed by atoms with Gasteiger partial charge in [0.1, 0.15) is 0 Å². The number of H-pyrrole nitrogens is 1. The molecule has 146 valence electrons. The third-order valence-electron chi connectivity index (χ3n) is 5.06. The van der Waals surface area contributed by atoms with Crippen LogP contribution < -0.4 is 0 Å². The Morgan fingerprint density at radius 3 is 2.03 bits per heavy atom. The number of nitrogens with one attached hydrogen (secondary N) is 1. The molecular weight excluding hydrogens is 358 g/mol. The highest BCUT2D eigenvalue weighted by Crippen LogP contribution is 2.26. The van der Waals surface area contributed by atoms with Gasteiger partial charge in [-0.1, -0.05) is 84.9 Å². The molecule has 0 spiro atoms. The lowest BCUT2D eigenvalue weighted by atomic mass is 10.0. The van der Waals surface area contributed by atoms with Crippen molar-refractivity contribution in [1.29, 1.82) is 0 Å². The summed E-state index contributed by atoms with van der Waals surface area (Å²) in [5.74, 6) is 0. The number of nitrogens with zero attached hydrogens (tertiary/aromatic N) is 2. The Kier molecular flexibility index (Phi) is 6.15. The molecule has 1 heterocycles. The Balaban J connectivity index is 1.53. The predicted octanol–water partition coefficient (Wildman–Crippen LogP) is 4.74. The number of aromatic amines is 1. The van der Waals surface area contributed by atoms with Crippen LogP contribution in [0.15, 0.2) is 91.1 Å². The summed E-state index contributed by atoms with van der Waals surface area (Å²) in [5.41, 5.74) is 6.91. The highest BCUT2D eigenvalue weighted by atomic mass is 16.3. The van der Waals surface area contributed by atoms with Gasteiger partial charge in [-0.05, 0) is 22.3 Å². The number of hydrogen-bond donors (Lipinski definition) is 2. The maximum atomic E-state index is 9.50. The summed E-state index contributed by atoms with van der Waals surface area (Å²) in [4.78, 5) is 2.24. The normalized spacial score (nSPS) is 11.1. The lowest BCUT2D eigenvalue weighted by Gasteiger charge is -2.21. The third-order valence-corrected chi connectivity index (χ3v) is 5.06. The zero-order valence-electron chi connectivity index (χ0n) is 16.3. The highest BCUT2D eigenvalue weighted by molar-refractivity contribution is 5.69. The van der Waals surface area contributed by atoms with E-state index in [0.29, 0.717) is 6.54 Å². The summed E-state index contributed by atoms with van der Waals surface area (Å²) >= 11 is 0. The van der Waals surface area contributed by atoms with Crippen molar-refractivity contribution >= 4 is 0 Å². The first kappa shape index (κ1) is 19.1. The fraction of sp³-hybridized carbons (Fsp3) is 0.160. The number of benzene rings is 3. The van der Waals surface area contributed by atoms with Crippen molar-refractivity contribution in [3.8, 4) is 22.4 Å². The third kappa shape index (κ3) is 4.80. The van der Waals surface area contributed by atoms with Crippen molar-refractivity contribution in [2.45, 2.75) is 13.1 Å². The Morgan fingerprint density at radius 1 is 0.724 bits per heavy atom. The molecule has 0 aliphatic carbocycles. The van der Waals surface area contributed by atoms with Crippen LogP contribution in [0.4, 0.5) is 0 Å². The molecular formula is C25H25N3O. The SMILES string of the molecule is OCCN(Cc1ccccc1)Cc1cn[nH]c1-c1ccc(-c2ccccc2)cc1. The van der Waals surface area contributed by atoms with Gasteiger partial charge in [0.25, 0.3) is 0 Å². The molecule has 0 aliphatic heterocycles. The van der Waals surface area contributed by atoms with Crippen LogP contribution in [0.25, 0.3) is 22.4 Å². The van der Waals surface area contributed by atoms with Gasteiger partial charge in [-0.3, -0.25) is 10.00 Å². The summed E-state index contributed by atoms with van der Waals surface area (Å²) in [5, 5.41) is 16.9. The van der Waals surface area contributed by atoms with E-state index >= 15 is 0 Å². The van der Waals surface area contributed by atoms with E-state index in [1.54, 1.807) is 0 Å². The van der Waals surface area contributed by atoms with Gasteiger partial charge < -0.3 is 5.11 Å². The Hall–Kier alpha value is -3.21. The quantitative estimate of drug-likeness (QED) is 0.462. The van der Waals surface area contributed by atoms with Crippen molar-refractivity contribution < 1.29 is 5.11 Å². The monoisotopic (exact) mass is 383 g/mol. The van der Waals surface area contributed by atoms with Crippen molar-refractivity contribution in [2.24, 2.45) is 0 Å². The molecule has 0 saturated carbocycles. The molecule has 29 heavy (non-hydrogen) atoms. The molecule has 0 aliphatic rings. The van der Waals surface area contributed by atoms with Crippen LogP contribution >= 0.6 is 0 Å². The lowest BCUT2D eigenvalue weighted by Crippen LogP contribution is -2.26. The summed E-state index contributed by atoms with van der Waals surface area (Å²) < 4.78 is 0. The predicted molar refractivity (Wildman–Crippen MR) is 117 cm³/mol. The van der Waals surface area contributed by atoms with Gasteiger partial charge in [0.2, 0.25) is 0 Å². The molecule has 4 rings (SSSR count). The first-order chi connectivity index (χ1) is 14.3. The largest absolute Gasteiger partial charge is 0.395 e. The van der Waals surface area contributed by atoms with Gasteiger partial charge in [0.05, 0.1) is 18.5 Å². The minimum atomic E-state index is 0.131. The molecule has 3 aromatic carbocycles. The molecule has 0 bridgehead atoms. The van der Waals surface area contributed by atoms with Crippen molar-refractivity contribution in [2.75, 3.05) is 13.2 Å². The maximum Gasteiger partial charge on any atom is 0.0695 e. The van der Waals surface area contributed by atoms with Gasteiger partial charge in [0.15, 0.2) is 0 Å². The summed E-state index contributed by atoms with van der Waals surface area (Å²) in [7, 11) is 0. The van der Waals surface area contributed by atoms with Gasteiger partial charge >= 0.3 is 0 Å². The van der Waals surface area contributed by atoms with Crippen LogP contribution in [-0.2, 0) is 13.1 Å². The van der Waals surface area contributed by atoms with E-state index in [1.807, 2.05) is 30.5 Å². The van der Waals surface area contributed by atoms with E-state index in [4.69, 9.17) is 0 Å². The van der Waals surface area contributed by atoms with Crippen LogP contribution in [0.2, 0.25) is 0 Å². The molecule has 1 aromatic heterocycles. The Bertz CT molecular complexity index is 1010. The standard InChI is InChI=1S/C25H25N3O/c29-16-15-28(18-20-7-3-1-4-8-20)19-24-17-26-27-25(24)23-13-11-22(12-14-23)21-9-5-2-6-10-21/h1-14,17,29H,15-16,18-19H2,(H,26,27). The molecule has 0 fully saturated rings. The second-order valence-electron chi connectivity index (χ2n) is 7.13. The van der Waals surface area contributed by atoms with Crippen LogP contribution in [0, 0.1) is 0 Å².